The molecule has 2 rings (SSSR count). The van der Waals surface area contributed by atoms with Gasteiger partial charge in [0.2, 0.25) is 11.8 Å². The first-order valence-electron chi connectivity index (χ1n) is 6.47. The Morgan fingerprint density at radius 3 is 2.84 bits per heavy atom. The lowest BCUT2D eigenvalue weighted by atomic mass is 10.0. The molecule has 1 atom stereocenters. The number of nitrogens with one attached hydrogen (secondary N) is 1. The Hall–Kier alpha value is -1.78. The van der Waals surface area contributed by atoms with E-state index in [1.165, 1.54) is 0 Å². The zero-order valence-corrected chi connectivity index (χ0v) is 11.6. The quantitative estimate of drug-likeness (QED) is 0.900. The molecule has 0 radical (unpaired) electrons. The van der Waals surface area contributed by atoms with Gasteiger partial charge in [0.05, 0.1) is 18.7 Å². The number of hydrogen-bond donors (Lipinski definition) is 1. The van der Waals surface area contributed by atoms with E-state index >= 15 is 0 Å². The van der Waals surface area contributed by atoms with Crippen LogP contribution in [0, 0.1) is 5.92 Å². The maximum atomic E-state index is 12.0. The summed E-state index contributed by atoms with van der Waals surface area (Å²) < 4.78 is 5.23. The summed E-state index contributed by atoms with van der Waals surface area (Å²) in [4.78, 5) is 25.6. The van der Waals surface area contributed by atoms with Crippen LogP contribution in [-0.2, 0) is 16.1 Å². The molecular weight excluding hydrogens is 244 g/mol. The first kappa shape index (κ1) is 13.6. The van der Waals surface area contributed by atoms with Crippen LogP contribution in [0.5, 0.6) is 0 Å². The summed E-state index contributed by atoms with van der Waals surface area (Å²) in [6.45, 7) is 6.69. The minimum Gasteiger partial charge on any atom is -0.467 e. The number of carbonyl (C=O) groups is 2. The fourth-order valence-electron chi connectivity index (χ4n) is 2.16. The Morgan fingerprint density at radius 1 is 1.53 bits per heavy atom. The van der Waals surface area contributed by atoms with Crippen molar-refractivity contribution in [2.24, 2.45) is 5.92 Å². The van der Waals surface area contributed by atoms with E-state index in [0.29, 0.717) is 13.1 Å². The van der Waals surface area contributed by atoms with Crippen molar-refractivity contribution in [2.75, 3.05) is 6.54 Å². The summed E-state index contributed by atoms with van der Waals surface area (Å²) in [5.74, 6) is 0.431. The maximum absolute atomic E-state index is 12.0. The van der Waals surface area contributed by atoms with E-state index in [1.54, 1.807) is 17.2 Å². The fraction of sp³-hybridized carbons (Fsp3) is 0.571. The lowest BCUT2D eigenvalue weighted by Gasteiger charge is -2.23. The van der Waals surface area contributed by atoms with Gasteiger partial charge in [-0.25, -0.2) is 0 Å². The van der Waals surface area contributed by atoms with Crippen LogP contribution in [0.2, 0.25) is 0 Å². The van der Waals surface area contributed by atoms with Crippen molar-refractivity contribution in [2.45, 2.75) is 39.3 Å². The van der Waals surface area contributed by atoms with Gasteiger partial charge in [-0.3, -0.25) is 9.59 Å². The van der Waals surface area contributed by atoms with Gasteiger partial charge < -0.3 is 14.6 Å². The number of amides is 2. The Bertz CT molecular complexity index is 460. The summed E-state index contributed by atoms with van der Waals surface area (Å²) in [7, 11) is 0. The van der Waals surface area contributed by atoms with Gasteiger partial charge in [-0.15, -0.1) is 0 Å². The van der Waals surface area contributed by atoms with Crippen LogP contribution in [0.25, 0.3) is 0 Å². The molecule has 1 aliphatic heterocycles. The topological polar surface area (TPSA) is 62.6 Å². The van der Waals surface area contributed by atoms with Gasteiger partial charge in [-0.2, -0.15) is 0 Å². The van der Waals surface area contributed by atoms with E-state index in [2.05, 4.69) is 5.32 Å². The molecular formula is C14H20N2O3. The highest BCUT2D eigenvalue weighted by Gasteiger charge is 2.35. The summed E-state index contributed by atoms with van der Waals surface area (Å²) in [6, 6.07) is 3.62. The minimum atomic E-state index is -0.269. The Morgan fingerprint density at radius 2 is 2.26 bits per heavy atom. The van der Waals surface area contributed by atoms with Gasteiger partial charge in [0.1, 0.15) is 5.76 Å². The highest BCUT2D eigenvalue weighted by Crippen LogP contribution is 2.21. The molecule has 0 saturated carbocycles. The van der Waals surface area contributed by atoms with Crippen molar-refractivity contribution in [1.82, 2.24) is 10.2 Å². The van der Waals surface area contributed by atoms with Crippen LogP contribution in [0.15, 0.2) is 22.8 Å². The molecule has 0 spiro atoms. The molecule has 5 heteroatoms. The van der Waals surface area contributed by atoms with Gasteiger partial charge in [0.15, 0.2) is 0 Å². The highest BCUT2D eigenvalue weighted by molar-refractivity contribution is 5.89. The molecule has 19 heavy (non-hydrogen) atoms. The van der Waals surface area contributed by atoms with Crippen molar-refractivity contribution < 1.29 is 14.0 Å². The van der Waals surface area contributed by atoms with Crippen LogP contribution in [0.4, 0.5) is 0 Å². The van der Waals surface area contributed by atoms with Crippen LogP contribution < -0.4 is 5.32 Å². The zero-order valence-electron chi connectivity index (χ0n) is 11.6. The second-order valence-corrected chi connectivity index (χ2v) is 5.99. The van der Waals surface area contributed by atoms with Gasteiger partial charge in [-0.05, 0) is 32.9 Å². The summed E-state index contributed by atoms with van der Waals surface area (Å²) in [6.07, 6.45) is 1.86. The summed E-state index contributed by atoms with van der Waals surface area (Å²) in [5, 5.41) is 2.92. The lowest BCUT2D eigenvalue weighted by molar-refractivity contribution is -0.129. The van der Waals surface area contributed by atoms with E-state index in [9.17, 15) is 9.59 Å². The smallest absolute Gasteiger partial charge is 0.225 e. The van der Waals surface area contributed by atoms with Crippen molar-refractivity contribution in [1.29, 1.82) is 0 Å². The van der Waals surface area contributed by atoms with Gasteiger partial charge in [-0.1, -0.05) is 0 Å². The second-order valence-electron chi connectivity index (χ2n) is 5.99. The standard InChI is InChI=1S/C14H20N2O3/c1-14(2,3)15-13(18)10-7-12(17)16(8-10)9-11-5-4-6-19-11/h4-6,10H,7-9H2,1-3H3,(H,15,18)/t10-/m0/s1. The molecule has 104 valence electrons. The maximum Gasteiger partial charge on any atom is 0.225 e. The predicted molar refractivity (Wildman–Crippen MR) is 70.1 cm³/mol. The third-order valence-corrected chi connectivity index (χ3v) is 3.01. The first-order valence-corrected chi connectivity index (χ1v) is 6.47. The minimum absolute atomic E-state index is 0.00505. The lowest BCUT2D eigenvalue weighted by Crippen LogP contribution is -2.44. The number of rotatable bonds is 3. The molecule has 1 aromatic heterocycles. The average Bonchev–Trinajstić information content (AvgIpc) is 2.88. The summed E-state index contributed by atoms with van der Waals surface area (Å²) in [5.41, 5.74) is -0.269. The molecule has 0 unspecified atom stereocenters. The predicted octanol–water partition coefficient (Wildman–Crippen LogP) is 1.54. The molecule has 0 aromatic carbocycles. The Balaban J connectivity index is 1.93. The molecule has 5 nitrogen and oxygen atoms in total. The average molecular weight is 264 g/mol. The van der Waals surface area contributed by atoms with Gasteiger partial charge >= 0.3 is 0 Å². The number of furan rings is 1. The Labute approximate surface area is 113 Å². The number of nitrogens with zero attached hydrogens (tertiary/aromatic N) is 1. The molecule has 1 N–H and O–H groups in total. The van der Waals surface area contributed by atoms with Gasteiger partial charge in [0.25, 0.3) is 0 Å². The number of hydrogen-bond acceptors (Lipinski definition) is 3. The molecule has 0 aliphatic carbocycles. The third-order valence-electron chi connectivity index (χ3n) is 3.01. The van der Waals surface area contributed by atoms with Crippen LogP contribution in [0.1, 0.15) is 33.0 Å². The SMILES string of the molecule is CC(C)(C)NC(=O)[C@H]1CC(=O)N(Cc2ccco2)C1. The van der Waals surface area contributed by atoms with Crippen LogP contribution in [-0.4, -0.2) is 28.8 Å². The molecule has 2 heterocycles. The second kappa shape index (κ2) is 5.07. The van der Waals surface area contributed by atoms with E-state index in [4.69, 9.17) is 4.42 Å². The van der Waals surface area contributed by atoms with Crippen LogP contribution >= 0.6 is 0 Å². The van der Waals surface area contributed by atoms with Gasteiger partial charge in [0, 0.05) is 18.5 Å². The van der Waals surface area contributed by atoms with Crippen molar-refractivity contribution in [3.05, 3.63) is 24.2 Å². The molecule has 1 aliphatic rings. The number of likely N-dealkylation sites (tertiary alicyclic amines) is 1. The molecule has 1 fully saturated rings. The van der Waals surface area contributed by atoms with Crippen molar-refractivity contribution in [3.63, 3.8) is 0 Å². The highest BCUT2D eigenvalue weighted by atomic mass is 16.3. The molecule has 0 bridgehead atoms. The number of carbonyl (C=O) groups excluding carboxylic acids is 2. The summed E-state index contributed by atoms with van der Waals surface area (Å²) >= 11 is 0. The van der Waals surface area contributed by atoms with E-state index in [1.807, 2.05) is 26.8 Å². The van der Waals surface area contributed by atoms with E-state index < -0.39 is 0 Å². The molecule has 1 saturated heterocycles. The first-order chi connectivity index (χ1) is 8.85. The van der Waals surface area contributed by atoms with E-state index in [-0.39, 0.29) is 29.7 Å². The Kier molecular flexibility index (Phi) is 3.64. The third kappa shape index (κ3) is 3.59. The normalized spacial score (nSPS) is 19.8. The zero-order chi connectivity index (χ0) is 14.0. The monoisotopic (exact) mass is 264 g/mol. The van der Waals surface area contributed by atoms with Crippen LogP contribution in [0.3, 0.4) is 0 Å². The van der Waals surface area contributed by atoms with E-state index in [0.717, 1.165) is 5.76 Å². The van der Waals surface area contributed by atoms with Crippen molar-refractivity contribution in [3.8, 4) is 0 Å². The molecule has 2 amide bonds. The largest absolute Gasteiger partial charge is 0.467 e. The van der Waals surface area contributed by atoms with Crippen molar-refractivity contribution >= 4 is 11.8 Å². The fourth-order valence-corrected chi connectivity index (χ4v) is 2.16. The molecule has 1 aromatic rings.